The zero-order valence-electron chi connectivity index (χ0n) is 12.4. The Kier molecular flexibility index (Phi) is 4.06. The normalized spacial score (nSPS) is 15.0. The molecule has 22 heavy (non-hydrogen) atoms. The summed E-state index contributed by atoms with van der Waals surface area (Å²) in [4.78, 5) is 11.9. The van der Waals surface area contributed by atoms with Gasteiger partial charge in [0.15, 0.2) is 0 Å². The van der Waals surface area contributed by atoms with Crippen LogP contribution in [0.4, 0.5) is 0 Å². The Hall–Kier alpha value is -2.40. The Morgan fingerprint density at radius 2 is 2.41 bits per heavy atom. The summed E-state index contributed by atoms with van der Waals surface area (Å²) < 4.78 is 1.76. The minimum atomic E-state index is -0.0681. The minimum absolute atomic E-state index is 0.0681. The molecule has 0 saturated heterocycles. The van der Waals surface area contributed by atoms with Crippen molar-refractivity contribution >= 4 is 28.4 Å². The van der Waals surface area contributed by atoms with E-state index in [4.69, 9.17) is 0 Å². The number of allylic oxidation sites excluding steroid dienone is 5. The fourth-order valence-corrected chi connectivity index (χ4v) is 3.06. The molecule has 0 radical (unpaired) electrons. The number of amides is 1. The Labute approximate surface area is 133 Å². The minimum Gasteiger partial charge on any atom is -0.349 e. The highest BCUT2D eigenvalue weighted by Crippen LogP contribution is 2.24. The lowest BCUT2D eigenvalue weighted by Gasteiger charge is -2.13. The monoisotopic (exact) mass is 311 g/mol. The van der Waals surface area contributed by atoms with Crippen molar-refractivity contribution in [2.45, 2.75) is 13.5 Å². The molecule has 3 heterocycles. The first-order valence-electron chi connectivity index (χ1n) is 7.11. The van der Waals surface area contributed by atoms with Crippen molar-refractivity contribution in [1.29, 1.82) is 0 Å². The van der Waals surface area contributed by atoms with Gasteiger partial charge in [0, 0.05) is 12.1 Å². The number of carbonyl (C=O) groups excluding carboxylic acids is 1. The molecule has 1 aliphatic heterocycles. The van der Waals surface area contributed by atoms with Gasteiger partial charge in [-0.15, -0.1) is 0 Å². The molecule has 0 saturated carbocycles. The molecule has 0 atom stereocenters. The van der Waals surface area contributed by atoms with E-state index >= 15 is 0 Å². The van der Waals surface area contributed by atoms with Crippen LogP contribution in [0.2, 0.25) is 0 Å². The fraction of sp³-hybridized carbons (Fsp3) is 0.176. The molecule has 1 aliphatic rings. The topological polar surface area (TPSA) is 46.9 Å². The molecule has 0 aliphatic carbocycles. The lowest BCUT2D eigenvalue weighted by molar-refractivity contribution is 0.0924. The van der Waals surface area contributed by atoms with Gasteiger partial charge in [0.1, 0.15) is 5.69 Å². The first-order valence-corrected chi connectivity index (χ1v) is 8.05. The van der Waals surface area contributed by atoms with Crippen molar-refractivity contribution in [3.63, 3.8) is 0 Å². The third-order valence-electron chi connectivity index (χ3n) is 3.49. The Bertz CT molecular complexity index is 766. The van der Waals surface area contributed by atoms with E-state index < -0.39 is 0 Å². The maximum absolute atomic E-state index is 11.9. The van der Waals surface area contributed by atoms with Gasteiger partial charge in [-0.3, -0.25) is 9.48 Å². The molecule has 4 nitrogen and oxygen atoms in total. The second-order valence-electron chi connectivity index (χ2n) is 5.03. The highest BCUT2D eigenvalue weighted by molar-refractivity contribution is 7.08. The van der Waals surface area contributed by atoms with Crippen LogP contribution in [-0.2, 0) is 6.54 Å². The first kappa shape index (κ1) is 14.5. The zero-order chi connectivity index (χ0) is 15.5. The van der Waals surface area contributed by atoms with Crippen molar-refractivity contribution in [2.24, 2.45) is 0 Å². The van der Waals surface area contributed by atoms with Crippen LogP contribution in [-0.4, -0.2) is 22.2 Å². The van der Waals surface area contributed by atoms with Crippen LogP contribution >= 0.6 is 11.3 Å². The molecule has 0 fully saturated rings. The van der Waals surface area contributed by atoms with Crippen molar-refractivity contribution in [3.05, 3.63) is 64.7 Å². The zero-order valence-corrected chi connectivity index (χ0v) is 13.2. The lowest BCUT2D eigenvalue weighted by Crippen LogP contribution is -2.35. The highest BCUT2D eigenvalue weighted by Gasteiger charge is 2.20. The SMILES string of the molecule is C=C(/C=C(\C=C/C)c1cc2n(n1)CCNC2=O)c1ccsc1. The van der Waals surface area contributed by atoms with Crippen LogP contribution in [0.1, 0.15) is 28.7 Å². The summed E-state index contributed by atoms with van der Waals surface area (Å²) in [6.07, 6.45) is 5.96. The summed E-state index contributed by atoms with van der Waals surface area (Å²) in [6, 6.07) is 3.88. The first-order chi connectivity index (χ1) is 10.7. The van der Waals surface area contributed by atoms with Gasteiger partial charge in [-0.05, 0) is 47.0 Å². The van der Waals surface area contributed by atoms with Gasteiger partial charge in [0.05, 0.1) is 12.2 Å². The van der Waals surface area contributed by atoms with Crippen molar-refractivity contribution in [1.82, 2.24) is 15.1 Å². The maximum atomic E-state index is 11.9. The smallest absolute Gasteiger partial charge is 0.269 e. The molecule has 2 aromatic rings. The number of rotatable bonds is 4. The predicted molar refractivity (Wildman–Crippen MR) is 90.7 cm³/mol. The predicted octanol–water partition coefficient (Wildman–Crippen LogP) is 3.36. The average Bonchev–Trinajstić information content (AvgIpc) is 3.17. The number of hydrogen-bond donors (Lipinski definition) is 1. The Morgan fingerprint density at radius 3 is 3.09 bits per heavy atom. The van der Waals surface area contributed by atoms with Gasteiger partial charge in [0.25, 0.3) is 5.91 Å². The van der Waals surface area contributed by atoms with E-state index in [1.807, 2.05) is 42.7 Å². The van der Waals surface area contributed by atoms with E-state index in [2.05, 4.69) is 22.4 Å². The summed E-state index contributed by atoms with van der Waals surface area (Å²) in [6.45, 7) is 7.41. The van der Waals surface area contributed by atoms with Crippen LogP contribution < -0.4 is 5.32 Å². The summed E-state index contributed by atoms with van der Waals surface area (Å²) in [7, 11) is 0. The van der Waals surface area contributed by atoms with E-state index in [1.54, 1.807) is 16.0 Å². The van der Waals surface area contributed by atoms with Crippen molar-refractivity contribution in [3.8, 4) is 0 Å². The molecule has 2 aromatic heterocycles. The summed E-state index contributed by atoms with van der Waals surface area (Å²) in [5.74, 6) is -0.0681. The maximum Gasteiger partial charge on any atom is 0.269 e. The van der Waals surface area contributed by atoms with E-state index in [-0.39, 0.29) is 5.91 Å². The summed E-state index contributed by atoms with van der Waals surface area (Å²) in [5, 5.41) is 11.5. The van der Waals surface area contributed by atoms with Crippen LogP contribution in [0.25, 0.3) is 11.1 Å². The van der Waals surface area contributed by atoms with Crippen LogP contribution in [0.3, 0.4) is 0 Å². The number of nitrogens with one attached hydrogen (secondary N) is 1. The van der Waals surface area contributed by atoms with Gasteiger partial charge in [-0.25, -0.2) is 0 Å². The van der Waals surface area contributed by atoms with Crippen LogP contribution in [0.5, 0.6) is 0 Å². The largest absolute Gasteiger partial charge is 0.349 e. The van der Waals surface area contributed by atoms with Gasteiger partial charge in [-0.2, -0.15) is 16.4 Å². The second kappa shape index (κ2) is 6.15. The molecule has 112 valence electrons. The molecule has 0 spiro atoms. The van der Waals surface area contributed by atoms with Gasteiger partial charge < -0.3 is 5.32 Å². The standard InChI is InChI=1S/C17H17N3OS/c1-3-4-13(9-12(2)14-5-8-22-11-14)15-10-16-17(21)18-6-7-20(16)19-15/h3-5,8-11H,2,6-7H2,1H3,(H,18,21)/b4-3-,13-9+. The molecular formula is C17H17N3OS. The van der Waals surface area contributed by atoms with E-state index in [1.165, 1.54) is 0 Å². The Balaban J connectivity index is 1.98. The molecule has 5 heteroatoms. The summed E-state index contributed by atoms with van der Waals surface area (Å²) in [5.41, 5.74) is 4.39. The van der Waals surface area contributed by atoms with E-state index in [0.29, 0.717) is 18.8 Å². The number of hydrogen-bond acceptors (Lipinski definition) is 3. The number of fused-ring (bicyclic) bond motifs is 1. The summed E-state index contributed by atoms with van der Waals surface area (Å²) >= 11 is 1.65. The third-order valence-corrected chi connectivity index (χ3v) is 4.17. The molecular weight excluding hydrogens is 294 g/mol. The highest BCUT2D eigenvalue weighted by atomic mass is 32.1. The molecule has 0 unspecified atom stereocenters. The quantitative estimate of drug-likeness (QED) is 0.880. The number of nitrogens with zero attached hydrogens (tertiary/aromatic N) is 2. The third kappa shape index (κ3) is 2.80. The number of carbonyl (C=O) groups is 1. The second-order valence-corrected chi connectivity index (χ2v) is 5.81. The van der Waals surface area contributed by atoms with Crippen LogP contribution in [0, 0.1) is 0 Å². The van der Waals surface area contributed by atoms with E-state index in [9.17, 15) is 4.79 Å². The van der Waals surface area contributed by atoms with Gasteiger partial charge in [-0.1, -0.05) is 18.7 Å². The molecule has 0 aromatic carbocycles. The fourth-order valence-electron chi connectivity index (χ4n) is 2.38. The van der Waals surface area contributed by atoms with Crippen molar-refractivity contribution < 1.29 is 4.79 Å². The van der Waals surface area contributed by atoms with Gasteiger partial charge >= 0.3 is 0 Å². The molecule has 3 rings (SSSR count). The van der Waals surface area contributed by atoms with E-state index in [0.717, 1.165) is 22.4 Å². The number of aromatic nitrogens is 2. The van der Waals surface area contributed by atoms with Crippen molar-refractivity contribution in [2.75, 3.05) is 6.54 Å². The number of thiophene rings is 1. The average molecular weight is 311 g/mol. The Morgan fingerprint density at radius 1 is 1.55 bits per heavy atom. The molecule has 1 amide bonds. The lowest BCUT2D eigenvalue weighted by atomic mass is 10.0. The molecule has 0 bridgehead atoms. The van der Waals surface area contributed by atoms with Gasteiger partial charge in [0.2, 0.25) is 0 Å². The molecule has 1 N–H and O–H groups in total. The van der Waals surface area contributed by atoms with Crippen LogP contribution in [0.15, 0.2) is 47.7 Å².